The Kier molecular flexibility index (Phi) is 1.42. The first kappa shape index (κ1) is 7.53. The molecule has 6 heteroatoms. The lowest BCUT2D eigenvalue weighted by Gasteiger charge is -1.84. The summed E-state index contributed by atoms with van der Waals surface area (Å²) in [5.41, 5.74) is -0.117. The van der Waals surface area contributed by atoms with Crippen LogP contribution in [0.25, 0.3) is 11.0 Å². The van der Waals surface area contributed by atoms with Crippen molar-refractivity contribution in [1.29, 1.82) is 0 Å². The van der Waals surface area contributed by atoms with Crippen molar-refractivity contribution in [3.63, 3.8) is 0 Å². The van der Waals surface area contributed by atoms with E-state index in [0.717, 1.165) is 0 Å². The highest BCUT2D eigenvalue weighted by Crippen LogP contribution is 2.06. The van der Waals surface area contributed by atoms with Crippen LogP contribution in [0.4, 0.5) is 0 Å². The zero-order valence-corrected chi connectivity index (χ0v) is 6.37. The standard InChI is InChI=1S/C7H5N3O3/c11-6-3-1-4(7(12)13)10-5(3)8-2-9-6/h1-2H,(H,12,13)(H2,8,9,10,11). The molecule has 13 heavy (non-hydrogen) atoms. The number of aromatic amines is 2. The lowest BCUT2D eigenvalue weighted by Crippen LogP contribution is -2.04. The molecule has 2 aromatic rings. The normalized spacial score (nSPS) is 10.5. The third-order valence-corrected chi connectivity index (χ3v) is 1.66. The van der Waals surface area contributed by atoms with Crippen molar-refractivity contribution in [2.75, 3.05) is 0 Å². The van der Waals surface area contributed by atoms with E-state index in [1.165, 1.54) is 12.4 Å². The topological polar surface area (TPSA) is 98.8 Å². The number of hydrogen-bond donors (Lipinski definition) is 3. The van der Waals surface area contributed by atoms with E-state index >= 15 is 0 Å². The number of hydrogen-bond acceptors (Lipinski definition) is 3. The van der Waals surface area contributed by atoms with E-state index in [2.05, 4.69) is 15.0 Å². The number of aromatic nitrogens is 3. The smallest absolute Gasteiger partial charge is 0.352 e. The van der Waals surface area contributed by atoms with Crippen LogP contribution in [0.3, 0.4) is 0 Å². The molecule has 0 aliphatic carbocycles. The number of aromatic carboxylic acids is 1. The van der Waals surface area contributed by atoms with Crippen LogP contribution in [0, 0.1) is 0 Å². The van der Waals surface area contributed by atoms with Crippen LogP contribution in [0.2, 0.25) is 0 Å². The lowest BCUT2D eigenvalue weighted by molar-refractivity contribution is 0.0691. The van der Waals surface area contributed by atoms with Crippen LogP contribution in [0.15, 0.2) is 17.2 Å². The number of carboxylic acid groups (broad SMARTS) is 1. The largest absolute Gasteiger partial charge is 0.477 e. The molecule has 0 saturated carbocycles. The first-order valence-electron chi connectivity index (χ1n) is 3.48. The number of nitrogens with one attached hydrogen (secondary N) is 2. The molecule has 6 nitrogen and oxygen atoms in total. The molecule has 0 spiro atoms. The molecule has 0 saturated heterocycles. The van der Waals surface area contributed by atoms with E-state index in [-0.39, 0.29) is 22.3 Å². The van der Waals surface area contributed by atoms with Gasteiger partial charge in [0.05, 0.1) is 11.7 Å². The van der Waals surface area contributed by atoms with Gasteiger partial charge in [0, 0.05) is 0 Å². The van der Waals surface area contributed by atoms with E-state index in [9.17, 15) is 9.59 Å². The molecule has 2 rings (SSSR count). The van der Waals surface area contributed by atoms with Crippen molar-refractivity contribution in [2.24, 2.45) is 0 Å². The molecule has 0 atom stereocenters. The van der Waals surface area contributed by atoms with Gasteiger partial charge < -0.3 is 15.1 Å². The predicted octanol–water partition coefficient (Wildman–Crippen LogP) is -0.0506. The van der Waals surface area contributed by atoms with Gasteiger partial charge in [0.1, 0.15) is 11.3 Å². The van der Waals surface area contributed by atoms with Gasteiger partial charge in [-0.3, -0.25) is 4.79 Å². The van der Waals surface area contributed by atoms with Gasteiger partial charge in [0.2, 0.25) is 0 Å². The van der Waals surface area contributed by atoms with Gasteiger partial charge >= 0.3 is 5.97 Å². The summed E-state index contributed by atoms with van der Waals surface area (Å²) in [5.74, 6) is -1.11. The number of carboxylic acids is 1. The second-order valence-electron chi connectivity index (χ2n) is 2.48. The fourth-order valence-electron chi connectivity index (χ4n) is 1.07. The van der Waals surface area contributed by atoms with Crippen molar-refractivity contribution in [3.8, 4) is 0 Å². The summed E-state index contributed by atoms with van der Waals surface area (Å²) in [5, 5.41) is 8.86. The Morgan fingerprint density at radius 3 is 2.92 bits per heavy atom. The molecule has 0 aliphatic heterocycles. The van der Waals surface area contributed by atoms with Crippen LogP contribution in [-0.2, 0) is 0 Å². The van der Waals surface area contributed by atoms with Gasteiger partial charge in [-0.15, -0.1) is 0 Å². The third-order valence-electron chi connectivity index (χ3n) is 1.66. The fraction of sp³-hybridized carbons (Fsp3) is 0. The van der Waals surface area contributed by atoms with Gasteiger partial charge in [-0.1, -0.05) is 0 Å². The quantitative estimate of drug-likeness (QED) is 0.571. The van der Waals surface area contributed by atoms with E-state index in [4.69, 9.17) is 5.11 Å². The van der Waals surface area contributed by atoms with Gasteiger partial charge in [-0.2, -0.15) is 0 Å². The third kappa shape index (κ3) is 1.08. The summed E-state index contributed by atoms with van der Waals surface area (Å²) >= 11 is 0. The SMILES string of the molecule is O=C(O)c1cc2c(=O)[nH]cnc2[nH]1. The Labute approximate surface area is 71.2 Å². The van der Waals surface area contributed by atoms with Crippen molar-refractivity contribution in [1.82, 2.24) is 15.0 Å². The molecule has 2 aromatic heterocycles. The fourth-order valence-corrected chi connectivity index (χ4v) is 1.07. The molecule has 0 aromatic carbocycles. The van der Waals surface area contributed by atoms with Crippen molar-refractivity contribution >= 4 is 17.0 Å². The Bertz CT molecular complexity index is 525. The Hall–Kier alpha value is -2.11. The minimum absolute atomic E-state index is 0.0424. The van der Waals surface area contributed by atoms with Crippen LogP contribution in [-0.4, -0.2) is 26.0 Å². The molecular formula is C7H5N3O3. The molecule has 0 bridgehead atoms. The number of nitrogens with zero attached hydrogens (tertiary/aromatic N) is 1. The van der Waals surface area contributed by atoms with E-state index < -0.39 is 5.97 Å². The molecule has 0 aliphatic rings. The second-order valence-corrected chi connectivity index (χ2v) is 2.48. The number of fused-ring (bicyclic) bond motifs is 1. The zero-order valence-electron chi connectivity index (χ0n) is 6.37. The monoisotopic (exact) mass is 179 g/mol. The number of H-pyrrole nitrogens is 2. The minimum Gasteiger partial charge on any atom is -0.477 e. The summed E-state index contributed by atoms with van der Waals surface area (Å²) < 4.78 is 0. The van der Waals surface area contributed by atoms with Gasteiger partial charge in [-0.25, -0.2) is 9.78 Å². The molecular weight excluding hydrogens is 174 g/mol. The Morgan fingerprint density at radius 2 is 2.31 bits per heavy atom. The average molecular weight is 179 g/mol. The number of rotatable bonds is 1. The molecule has 0 fully saturated rings. The average Bonchev–Trinajstić information content (AvgIpc) is 2.49. The Morgan fingerprint density at radius 1 is 1.54 bits per heavy atom. The first-order chi connectivity index (χ1) is 6.18. The summed E-state index contributed by atoms with van der Waals surface area (Å²) in [7, 11) is 0. The summed E-state index contributed by atoms with van der Waals surface area (Å²) in [4.78, 5) is 30.2. The van der Waals surface area contributed by atoms with Crippen molar-refractivity contribution in [3.05, 3.63) is 28.4 Å². The van der Waals surface area contributed by atoms with Crippen LogP contribution >= 0.6 is 0 Å². The summed E-state index contributed by atoms with van der Waals surface area (Å²) in [6.45, 7) is 0. The summed E-state index contributed by atoms with van der Waals surface area (Å²) in [6, 6.07) is 1.25. The van der Waals surface area contributed by atoms with Crippen LogP contribution in [0.1, 0.15) is 10.5 Å². The lowest BCUT2D eigenvalue weighted by atomic mass is 10.3. The maximum absolute atomic E-state index is 11.1. The molecule has 0 amide bonds. The van der Waals surface area contributed by atoms with Crippen molar-refractivity contribution < 1.29 is 9.90 Å². The summed E-state index contributed by atoms with van der Waals surface area (Å²) in [6.07, 6.45) is 1.22. The molecule has 2 heterocycles. The van der Waals surface area contributed by atoms with Crippen molar-refractivity contribution in [2.45, 2.75) is 0 Å². The Balaban J connectivity index is 2.83. The highest BCUT2D eigenvalue weighted by molar-refractivity contribution is 5.92. The molecule has 0 radical (unpaired) electrons. The van der Waals surface area contributed by atoms with Crippen LogP contribution < -0.4 is 5.56 Å². The molecule has 0 unspecified atom stereocenters. The van der Waals surface area contributed by atoms with E-state index in [1.807, 2.05) is 0 Å². The van der Waals surface area contributed by atoms with Crippen LogP contribution in [0.5, 0.6) is 0 Å². The first-order valence-corrected chi connectivity index (χ1v) is 3.48. The van der Waals surface area contributed by atoms with E-state index in [1.54, 1.807) is 0 Å². The maximum Gasteiger partial charge on any atom is 0.352 e. The zero-order chi connectivity index (χ0) is 9.42. The van der Waals surface area contributed by atoms with E-state index in [0.29, 0.717) is 0 Å². The highest BCUT2D eigenvalue weighted by atomic mass is 16.4. The van der Waals surface area contributed by atoms with Gasteiger partial charge in [0.25, 0.3) is 5.56 Å². The predicted molar refractivity (Wildman–Crippen MR) is 43.7 cm³/mol. The highest BCUT2D eigenvalue weighted by Gasteiger charge is 2.09. The minimum atomic E-state index is -1.11. The maximum atomic E-state index is 11.1. The molecule has 3 N–H and O–H groups in total. The van der Waals surface area contributed by atoms with Gasteiger partial charge in [0.15, 0.2) is 0 Å². The molecule has 66 valence electrons. The second kappa shape index (κ2) is 2.44. The van der Waals surface area contributed by atoms with Gasteiger partial charge in [-0.05, 0) is 6.07 Å². The number of carbonyl (C=O) groups is 1.